The molecule has 34 heavy (non-hydrogen) atoms. The van der Waals surface area contributed by atoms with Crippen molar-refractivity contribution in [3.05, 3.63) is 30.1 Å². The number of pyridine rings is 1. The summed E-state index contributed by atoms with van der Waals surface area (Å²) >= 11 is 0. The zero-order valence-corrected chi connectivity index (χ0v) is 22.8. The number of alkyl carbamates (subject to hydrolysis) is 1. The van der Waals surface area contributed by atoms with Gasteiger partial charge in [-0.1, -0.05) is 41.5 Å². The summed E-state index contributed by atoms with van der Waals surface area (Å²) in [7, 11) is 0. The maximum absolute atomic E-state index is 11.4. The molecule has 9 heteroatoms. The third kappa shape index (κ3) is 20.0. The average molecular weight is 486 g/mol. The molecule has 1 aliphatic heterocycles. The molecule has 2 heterocycles. The van der Waals surface area contributed by atoms with Crippen LogP contribution in [-0.4, -0.2) is 66.4 Å². The van der Waals surface area contributed by atoms with E-state index in [9.17, 15) is 14.4 Å². The molecule has 0 atom stereocenters. The third-order valence-corrected chi connectivity index (χ3v) is 3.34. The van der Waals surface area contributed by atoms with Gasteiger partial charge in [0.2, 0.25) is 0 Å². The molecule has 0 radical (unpaired) electrons. The molecule has 1 aliphatic rings. The zero-order valence-electron chi connectivity index (χ0n) is 22.8. The van der Waals surface area contributed by atoms with E-state index in [4.69, 9.17) is 14.2 Å². The maximum atomic E-state index is 11.4. The van der Waals surface area contributed by atoms with Crippen LogP contribution >= 0.6 is 0 Å². The topological polar surface area (TPSA) is 107 Å². The van der Waals surface area contributed by atoms with Crippen molar-refractivity contribution in [2.45, 2.75) is 88.0 Å². The maximum Gasteiger partial charge on any atom is 0.407 e. The molecular weight excluding hydrogens is 438 g/mol. The zero-order chi connectivity index (χ0) is 26.9. The SMILES string of the molecule is CC.CC.CC.CC(C)OC(=O)C(=O)N1CCOCC1.CC(C)OC(=O)NCc1ccncc1. The van der Waals surface area contributed by atoms with Crippen molar-refractivity contribution < 1.29 is 28.6 Å². The van der Waals surface area contributed by atoms with Crippen LogP contribution in [0, 0.1) is 0 Å². The predicted octanol–water partition coefficient (Wildman–Crippen LogP) is 4.59. The van der Waals surface area contributed by atoms with E-state index in [1.165, 1.54) is 4.90 Å². The minimum atomic E-state index is -0.776. The van der Waals surface area contributed by atoms with Crippen LogP contribution in [0.5, 0.6) is 0 Å². The summed E-state index contributed by atoms with van der Waals surface area (Å²) in [6, 6.07) is 3.69. The molecule has 0 bridgehead atoms. The minimum absolute atomic E-state index is 0.0903. The van der Waals surface area contributed by atoms with Crippen molar-refractivity contribution in [3.63, 3.8) is 0 Å². The summed E-state index contributed by atoms with van der Waals surface area (Å²) in [4.78, 5) is 39.0. The lowest BCUT2D eigenvalue weighted by Gasteiger charge is -2.25. The van der Waals surface area contributed by atoms with Gasteiger partial charge in [0.25, 0.3) is 0 Å². The summed E-state index contributed by atoms with van der Waals surface area (Å²) in [5.41, 5.74) is 1.00. The van der Waals surface area contributed by atoms with Gasteiger partial charge in [0.1, 0.15) is 0 Å². The number of carbonyl (C=O) groups excluding carboxylic acids is 3. The van der Waals surface area contributed by atoms with Gasteiger partial charge in [0.05, 0.1) is 25.4 Å². The summed E-state index contributed by atoms with van der Waals surface area (Å²) in [6.07, 6.45) is 2.63. The molecule has 1 saturated heterocycles. The molecule has 2 amide bonds. The fourth-order valence-corrected chi connectivity index (χ4v) is 2.09. The van der Waals surface area contributed by atoms with Gasteiger partial charge in [-0.2, -0.15) is 0 Å². The second kappa shape index (κ2) is 25.0. The van der Waals surface area contributed by atoms with Gasteiger partial charge >= 0.3 is 18.0 Å². The lowest BCUT2D eigenvalue weighted by Crippen LogP contribution is -2.45. The van der Waals surface area contributed by atoms with E-state index in [1.807, 2.05) is 67.5 Å². The number of nitrogens with zero attached hydrogens (tertiary/aromatic N) is 2. The second-order valence-corrected chi connectivity index (χ2v) is 6.52. The molecule has 0 saturated carbocycles. The van der Waals surface area contributed by atoms with Gasteiger partial charge in [-0.25, -0.2) is 9.59 Å². The lowest BCUT2D eigenvalue weighted by molar-refractivity contribution is -0.164. The Balaban J connectivity index is -0.000000463. The first-order valence-electron chi connectivity index (χ1n) is 12.2. The van der Waals surface area contributed by atoms with E-state index in [0.29, 0.717) is 32.8 Å². The van der Waals surface area contributed by atoms with Crippen LogP contribution < -0.4 is 5.32 Å². The number of hydrogen-bond acceptors (Lipinski definition) is 7. The molecule has 1 N–H and O–H groups in total. The Kier molecular flexibility index (Phi) is 26.3. The summed E-state index contributed by atoms with van der Waals surface area (Å²) in [6.45, 7) is 21.4. The average Bonchev–Trinajstić information content (AvgIpc) is 2.87. The normalized spacial score (nSPS) is 11.6. The van der Waals surface area contributed by atoms with E-state index in [2.05, 4.69) is 10.3 Å². The van der Waals surface area contributed by atoms with E-state index in [-0.39, 0.29) is 12.2 Å². The number of esters is 1. The van der Waals surface area contributed by atoms with E-state index in [0.717, 1.165) is 5.56 Å². The van der Waals surface area contributed by atoms with Crippen LogP contribution in [0.25, 0.3) is 0 Å². The lowest BCUT2D eigenvalue weighted by atomic mass is 10.3. The van der Waals surface area contributed by atoms with Crippen LogP contribution in [-0.2, 0) is 30.3 Å². The number of aromatic nitrogens is 1. The molecule has 0 spiro atoms. The second-order valence-electron chi connectivity index (χ2n) is 6.52. The van der Waals surface area contributed by atoms with Gasteiger partial charge < -0.3 is 24.4 Å². The first-order chi connectivity index (χ1) is 16.3. The number of hydrogen-bond donors (Lipinski definition) is 1. The Morgan fingerprint density at radius 2 is 1.38 bits per heavy atom. The first kappa shape index (κ1) is 35.9. The standard InChI is InChI=1S/C10H14N2O2.C9H15NO4.3C2H6/c1-8(2)14-10(13)12-7-9-3-5-11-6-4-9;1-7(2)14-9(12)8(11)10-3-5-13-6-4-10;3*1-2/h3-6,8H,7H2,1-2H3,(H,12,13);7H,3-6H2,1-2H3;3*1-2H3. The fraction of sp³-hybridized carbons (Fsp3) is 0.680. The molecule has 198 valence electrons. The Labute approximate surface area is 206 Å². The molecule has 1 aromatic rings. The highest BCUT2D eigenvalue weighted by Crippen LogP contribution is 2.00. The summed E-state index contributed by atoms with van der Waals surface area (Å²) in [5.74, 6) is -1.34. The van der Waals surface area contributed by atoms with Gasteiger partial charge in [-0.15, -0.1) is 0 Å². The number of rotatable bonds is 4. The highest BCUT2D eigenvalue weighted by atomic mass is 16.6. The monoisotopic (exact) mass is 485 g/mol. The number of amides is 2. The van der Waals surface area contributed by atoms with Gasteiger partial charge in [0.15, 0.2) is 0 Å². The number of carbonyl (C=O) groups is 3. The Hall–Kier alpha value is -2.68. The fourth-order valence-electron chi connectivity index (χ4n) is 2.09. The highest BCUT2D eigenvalue weighted by molar-refractivity contribution is 6.32. The number of nitrogens with one attached hydrogen (secondary N) is 1. The highest BCUT2D eigenvalue weighted by Gasteiger charge is 2.25. The van der Waals surface area contributed by atoms with Gasteiger partial charge in [-0.05, 0) is 45.4 Å². The molecule has 2 rings (SSSR count). The smallest absolute Gasteiger partial charge is 0.407 e. The van der Waals surface area contributed by atoms with Crippen molar-refractivity contribution in [1.29, 1.82) is 0 Å². The van der Waals surface area contributed by atoms with Gasteiger partial charge in [0, 0.05) is 32.0 Å². The summed E-state index contributed by atoms with van der Waals surface area (Å²) < 4.78 is 14.8. The van der Waals surface area contributed by atoms with Crippen LogP contribution in [0.1, 0.15) is 74.8 Å². The molecule has 0 aromatic carbocycles. The largest absolute Gasteiger partial charge is 0.456 e. The number of ether oxygens (including phenoxy) is 3. The van der Waals surface area contributed by atoms with Crippen LogP contribution in [0.2, 0.25) is 0 Å². The van der Waals surface area contributed by atoms with E-state index < -0.39 is 18.0 Å². The molecular formula is C25H47N3O6. The van der Waals surface area contributed by atoms with E-state index >= 15 is 0 Å². The number of morpholine rings is 1. The Bertz CT molecular complexity index is 618. The first-order valence-corrected chi connectivity index (χ1v) is 12.2. The van der Waals surface area contributed by atoms with Crippen molar-refractivity contribution >= 4 is 18.0 Å². The molecule has 1 aromatic heterocycles. The van der Waals surface area contributed by atoms with Crippen molar-refractivity contribution in [3.8, 4) is 0 Å². The van der Waals surface area contributed by atoms with Crippen molar-refractivity contribution in [2.24, 2.45) is 0 Å². The van der Waals surface area contributed by atoms with E-state index in [1.54, 1.807) is 26.2 Å². The molecule has 0 aliphatic carbocycles. The molecule has 9 nitrogen and oxygen atoms in total. The Morgan fingerprint density at radius 3 is 1.82 bits per heavy atom. The van der Waals surface area contributed by atoms with Crippen LogP contribution in [0.3, 0.4) is 0 Å². The quantitative estimate of drug-likeness (QED) is 0.491. The predicted molar refractivity (Wildman–Crippen MR) is 135 cm³/mol. The molecule has 1 fully saturated rings. The van der Waals surface area contributed by atoms with Crippen LogP contribution in [0.4, 0.5) is 4.79 Å². The molecule has 0 unspecified atom stereocenters. The van der Waals surface area contributed by atoms with Gasteiger partial charge in [-0.3, -0.25) is 9.78 Å². The van der Waals surface area contributed by atoms with Crippen molar-refractivity contribution in [1.82, 2.24) is 15.2 Å². The summed E-state index contributed by atoms with van der Waals surface area (Å²) in [5, 5.41) is 2.64. The van der Waals surface area contributed by atoms with Crippen molar-refractivity contribution in [2.75, 3.05) is 26.3 Å². The Morgan fingerprint density at radius 1 is 0.912 bits per heavy atom. The van der Waals surface area contributed by atoms with Crippen LogP contribution in [0.15, 0.2) is 24.5 Å². The third-order valence-electron chi connectivity index (χ3n) is 3.34. The minimum Gasteiger partial charge on any atom is -0.456 e.